The van der Waals surface area contributed by atoms with Gasteiger partial charge < -0.3 is 20.8 Å². The standard InChI is InChI=1S/C6H10N2O6.Na.H2O.H/c7-8-3(9)1-6(14,5(12)13)2-4(10)11;;;/h14H,1-2,7H2,(H,8,9)(H,10,11)(H,12,13);;1H2;. The molecule has 0 radical (unpaired) electrons. The number of nitrogens with two attached hydrogens (primary N) is 1. The second kappa shape index (κ2) is 8.44. The van der Waals surface area contributed by atoms with E-state index in [4.69, 9.17) is 10.2 Å². The number of carboxylic acids is 2. The van der Waals surface area contributed by atoms with Gasteiger partial charge in [-0.3, -0.25) is 15.0 Å². The summed E-state index contributed by atoms with van der Waals surface area (Å²) in [6.45, 7) is 0. The molecule has 0 fully saturated rings. The van der Waals surface area contributed by atoms with Crippen molar-refractivity contribution in [1.29, 1.82) is 0 Å². The number of nitrogens with one attached hydrogen (secondary N) is 1. The summed E-state index contributed by atoms with van der Waals surface area (Å²) in [5.41, 5.74) is -1.04. The first-order valence-electron chi connectivity index (χ1n) is 3.49. The molecule has 1 amide bonds. The summed E-state index contributed by atoms with van der Waals surface area (Å²) in [4.78, 5) is 31.3. The van der Waals surface area contributed by atoms with Gasteiger partial charge in [0.2, 0.25) is 5.91 Å². The van der Waals surface area contributed by atoms with E-state index in [0.717, 1.165) is 0 Å². The van der Waals surface area contributed by atoms with E-state index in [1.165, 1.54) is 0 Å². The molecule has 0 spiro atoms. The fraction of sp³-hybridized carbons (Fsp3) is 0.500. The Bertz CT molecular complexity index is 272. The molecule has 0 saturated carbocycles. The summed E-state index contributed by atoms with van der Waals surface area (Å²) in [7, 11) is 0. The normalized spacial score (nSPS) is 12.4. The quantitative estimate of drug-likeness (QED) is 0.143. The molecule has 0 saturated heterocycles. The van der Waals surface area contributed by atoms with Gasteiger partial charge in [0, 0.05) is 0 Å². The topological polar surface area (TPSA) is 181 Å². The van der Waals surface area contributed by atoms with Gasteiger partial charge in [0.25, 0.3) is 0 Å². The van der Waals surface area contributed by atoms with Crippen molar-refractivity contribution in [1.82, 2.24) is 5.43 Å². The van der Waals surface area contributed by atoms with E-state index in [2.05, 4.69) is 5.84 Å². The van der Waals surface area contributed by atoms with Crippen molar-refractivity contribution < 1.29 is 35.2 Å². The van der Waals surface area contributed by atoms with Crippen LogP contribution >= 0.6 is 0 Å². The summed E-state index contributed by atoms with van der Waals surface area (Å²) in [6.07, 6.45) is -1.99. The number of carbonyl (C=O) groups excluding carboxylic acids is 1. The van der Waals surface area contributed by atoms with Gasteiger partial charge in [0.05, 0.1) is 12.8 Å². The Balaban J connectivity index is -0.000000845. The Morgan fingerprint density at radius 1 is 1.19 bits per heavy atom. The fourth-order valence-electron chi connectivity index (χ4n) is 0.781. The van der Waals surface area contributed by atoms with Crippen molar-refractivity contribution in [2.45, 2.75) is 18.4 Å². The van der Waals surface area contributed by atoms with E-state index in [-0.39, 0.29) is 35.0 Å². The van der Waals surface area contributed by atoms with Crippen molar-refractivity contribution in [3.63, 3.8) is 0 Å². The van der Waals surface area contributed by atoms with Crippen LogP contribution in [0.5, 0.6) is 0 Å². The Morgan fingerprint density at radius 2 is 1.62 bits per heavy atom. The van der Waals surface area contributed by atoms with Crippen molar-refractivity contribution in [3.05, 3.63) is 0 Å². The van der Waals surface area contributed by atoms with Gasteiger partial charge in [-0.05, 0) is 0 Å². The van der Waals surface area contributed by atoms with Crippen LogP contribution in [0.3, 0.4) is 0 Å². The zero-order chi connectivity index (χ0) is 11.4. The predicted octanol–water partition coefficient (Wildman–Crippen LogP) is -3.82. The third-order valence-corrected chi connectivity index (χ3v) is 1.46. The van der Waals surface area contributed by atoms with Gasteiger partial charge in [-0.15, -0.1) is 0 Å². The number of hydrogen-bond donors (Lipinski definition) is 5. The van der Waals surface area contributed by atoms with E-state index < -0.39 is 36.3 Å². The molecule has 8 N–H and O–H groups in total. The molecule has 0 rings (SSSR count). The van der Waals surface area contributed by atoms with E-state index in [0.29, 0.717) is 0 Å². The molecule has 16 heavy (non-hydrogen) atoms. The van der Waals surface area contributed by atoms with Crippen LogP contribution < -0.4 is 11.3 Å². The maximum atomic E-state index is 10.7. The monoisotopic (exact) mass is 248 g/mol. The minimum absolute atomic E-state index is 0. The van der Waals surface area contributed by atoms with Gasteiger partial charge in [0.1, 0.15) is 0 Å². The van der Waals surface area contributed by atoms with E-state index >= 15 is 0 Å². The molecular formula is C6H13N2NaO7. The van der Waals surface area contributed by atoms with Crippen molar-refractivity contribution in [2.75, 3.05) is 0 Å². The van der Waals surface area contributed by atoms with Gasteiger partial charge in [-0.2, -0.15) is 0 Å². The number of rotatable bonds is 5. The molecule has 10 heteroatoms. The molecule has 0 heterocycles. The van der Waals surface area contributed by atoms with E-state index in [9.17, 15) is 19.5 Å². The van der Waals surface area contributed by atoms with Crippen LogP contribution in [0.4, 0.5) is 0 Å². The van der Waals surface area contributed by atoms with Crippen LogP contribution in [-0.2, 0) is 14.4 Å². The van der Waals surface area contributed by atoms with Crippen LogP contribution in [0.1, 0.15) is 12.8 Å². The van der Waals surface area contributed by atoms with Gasteiger partial charge in [0.15, 0.2) is 5.60 Å². The second-order valence-electron chi connectivity index (χ2n) is 2.65. The SMILES string of the molecule is NNC(=O)CC(O)(CC(=O)O)C(=O)O.O.[NaH]. The number of hydrogen-bond acceptors (Lipinski definition) is 5. The Hall–Kier alpha value is -0.710. The molecule has 0 aromatic carbocycles. The maximum absolute atomic E-state index is 10.7. The van der Waals surface area contributed by atoms with Crippen LogP contribution in [0.2, 0.25) is 0 Å². The molecule has 0 aromatic rings. The Kier molecular flexibility index (Phi) is 10.9. The minimum atomic E-state index is -2.63. The molecule has 0 aliphatic rings. The number of carboxylic acid groups (broad SMARTS) is 2. The molecule has 9 nitrogen and oxygen atoms in total. The average molecular weight is 248 g/mol. The van der Waals surface area contributed by atoms with E-state index in [1.54, 1.807) is 5.43 Å². The van der Waals surface area contributed by atoms with Gasteiger partial charge in [-0.1, -0.05) is 0 Å². The van der Waals surface area contributed by atoms with Crippen LogP contribution in [-0.4, -0.2) is 73.8 Å². The van der Waals surface area contributed by atoms with Crippen LogP contribution in [0.15, 0.2) is 0 Å². The number of amides is 1. The Labute approximate surface area is 112 Å². The molecule has 90 valence electrons. The first-order valence-corrected chi connectivity index (χ1v) is 3.49. The van der Waals surface area contributed by atoms with Gasteiger partial charge >= 0.3 is 41.5 Å². The van der Waals surface area contributed by atoms with Crippen molar-refractivity contribution >= 4 is 47.4 Å². The Morgan fingerprint density at radius 3 is 1.88 bits per heavy atom. The van der Waals surface area contributed by atoms with Gasteiger partial charge in [-0.25, -0.2) is 10.6 Å². The second-order valence-corrected chi connectivity index (χ2v) is 2.65. The molecular weight excluding hydrogens is 235 g/mol. The molecule has 0 aromatic heterocycles. The van der Waals surface area contributed by atoms with E-state index in [1.807, 2.05) is 0 Å². The molecule has 1 atom stereocenters. The molecule has 0 bridgehead atoms. The predicted molar refractivity (Wildman–Crippen MR) is 52.5 cm³/mol. The number of aliphatic hydroxyl groups is 1. The summed E-state index contributed by atoms with van der Waals surface area (Å²) >= 11 is 0. The number of aliphatic carboxylic acids is 2. The molecule has 1 unspecified atom stereocenters. The zero-order valence-corrected chi connectivity index (χ0v) is 7.56. The number of hydrazine groups is 1. The molecule has 0 aliphatic heterocycles. The van der Waals surface area contributed by atoms with Crippen molar-refractivity contribution in [2.24, 2.45) is 5.84 Å². The zero-order valence-electron chi connectivity index (χ0n) is 7.56. The number of carbonyl (C=O) groups is 3. The first kappa shape index (κ1) is 20.7. The summed E-state index contributed by atoms with van der Waals surface area (Å²) in [5, 5.41) is 26.1. The third-order valence-electron chi connectivity index (χ3n) is 1.46. The van der Waals surface area contributed by atoms with Crippen molar-refractivity contribution in [3.8, 4) is 0 Å². The third kappa shape index (κ3) is 6.71. The average Bonchev–Trinajstić information content (AvgIpc) is 2.02. The first-order chi connectivity index (χ1) is 6.31. The van der Waals surface area contributed by atoms with Crippen LogP contribution in [0, 0.1) is 0 Å². The summed E-state index contributed by atoms with van der Waals surface area (Å²) < 4.78 is 0. The summed E-state index contributed by atoms with van der Waals surface area (Å²) in [5.74, 6) is 0.381. The van der Waals surface area contributed by atoms with Crippen LogP contribution in [0.25, 0.3) is 0 Å². The fourth-order valence-corrected chi connectivity index (χ4v) is 0.781. The molecule has 0 aliphatic carbocycles. The summed E-state index contributed by atoms with van der Waals surface area (Å²) in [6, 6.07) is 0.